The Hall–Kier alpha value is -2.94. The van der Waals surface area contributed by atoms with Gasteiger partial charge in [-0.1, -0.05) is 6.92 Å². The van der Waals surface area contributed by atoms with Crippen molar-refractivity contribution >= 4 is 27.9 Å². The highest BCUT2D eigenvalue weighted by molar-refractivity contribution is 7.89. The number of ether oxygens (including phenoxy) is 2. The fourth-order valence-electron chi connectivity index (χ4n) is 4.86. The summed E-state index contributed by atoms with van der Waals surface area (Å²) in [7, 11) is -0.462. The molecule has 3 rings (SSSR count). The number of carboxylic acid groups (broad SMARTS) is 3. The topological polar surface area (TPSA) is 191 Å². The molecule has 0 aliphatic carbocycles. The minimum absolute atomic E-state index is 0.0856. The number of benzene rings is 1. The second kappa shape index (κ2) is 14.6. The highest BCUT2D eigenvalue weighted by Crippen LogP contribution is 2.33. The number of likely N-dealkylation sites (tertiary alicyclic amines) is 1. The molecule has 0 amide bonds. The standard InChI is InChI=1S/C20H32N2O4S.C6H8O7/c1-16-8-12-21(13-9-16)14-10-17-5-4-11-22(17)27(23,24)18-6-7-19(25-2)20(15-18)26-3;7-3(8)1-6(13,5(11)12)2-4(9)10/h6-7,15-17H,4-5,8-14H2,1-3H3;13H,1-2H2,(H,7,8)(H,9,10)(H,11,12). The van der Waals surface area contributed by atoms with E-state index in [9.17, 15) is 22.8 Å². The number of hydrogen-bond donors (Lipinski definition) is 4. The summed E-state index contributed by atoms with van der Waals surface area (Å²) in [6, 6.07) is 4.92. The van der Waals surface area contributed by atoms with Gasteiger partial charge in [-0.25, -0.2) is 13.2 Å². The third-order valence-electron chi connectivity index (χ3n) is 7.22. The Morgan fingerprint density at radius 1 is 0.950 bits per heavy atom. The largest absolute Gasteiger partial charge is 0.493 e. The SMILES string of the molecule is COc1ccc(S(=O)(=O)N2CCCC2CCN2CCC(C)CC2)cc1OC.O=C(O)CC(O)(CC(=O)O)C(=O)O. The number of aliphatic hydroxyl groups is 1. The first-order valence-corrected chi connectivity index (χ1v) is 14.5. The Bertz CT molecular complexity index is 1120. The van der Waals surface area contributed by atoms with Crippen molar-refractivity contribution in [3.05, 3.63) is 18.2 Å². The van der Waals surface area contributed by atoms with E-state index in [1.807, 2.05) is 0 Å². The lowest BCUT2D eigenvalue weighted by Gasteiger charge is -2.32. The normalized spacial score (nSPS) is 18.9. The maximum Gasteiger partial charge on any atom is 0.336 e. The molecule has 1 unspecified atom stereocenters. The first kappa shape index (κ1) is 33.3. The zero-order valence-electron chi connectivity index (χ0n) is 23.1. The molecule has 14 heteroatoms. The van der Waals surface area contributed by atoms with Gasteiger partial charge < -0.3 is 34.8 Å². The molecule has 2 heterocycles. The maximum atomic E-state index is 13.2. The lowest BCUT2D eigenvalue weighted by Crippen LogP contribution is -2.42. The quantitative estimate of drug-likeness (QED) is 0.277. The molecule has 40 heavy (non-hydrogen) atoms. The van der Waals surface area contributed by atoms with Crippen molar-refractivity contribution in [3.63, 3.8) is 0 Å². The molecule has 0 radical (unpaired) electrons. The molecule has 2 fully saturated rings. The Balaban J connectivity index is 0.000000366. The molecular weight excluding hydrogens is 548 g/mol. The molecule has 0 bridgehead atoms. The van der Waals surface area contributed by atoms with Crippen molar-refractivity contribution in [1.29, 1.82) is 0 Å². The number of carboxylic acids is 3. The summed E-state index contributed by atoms with van der Waals surface area (Å²) in [6.07, 6.45) is 2.98. The van der Waals surface area contributed by atoms with Crippen molar-refractivity contribution in [2.45, 2.75) is 68.4 Å². The van der Waals surface area contributed by atoms with Gasteiger partial charge in [0.05, 0.1) is 32.0 Å². The van der Waals surface area contributed by atoms with Crippen LogP contribution in [0.15, 0.2) is 23.1 Å². The van der Waals surface area contributed by atoms with Crippen LogP contribution in [-0.4, -0.2) is 108 Å². The fraction of sp³-hybridized carbons (Fsp3) is 0.654. The van der Waals surface area contributed by atoms with Crippen LogP contribution in [-0.2, 0) is 24.4 Å². The van der Waals surface area contributed by atoms with Crippen LogP contribution in [0.5, 0.6) is 11.5 Å². The summed E-state index contributed by atoms with van der Waals surface area (Å²) in [5, 5.41) is 33.8. The average Bonchev–Trinajstić information content (AvgIpc) is 3.37. The van der Waals surface area contributed by atoms with Gasteiger partial charge in [0.1, 0.15) is 0 Å². The van der Waals surface area contributed by atoms with Crippen LogP contribution in [0.3, 0.4) is 0 Å². The molecule has 226 valence electrons. The van der Waals surface area contributed by atoms with E-state index in [0.717, 1.165) is 44.8 Å². The Kier molecular flexibility index (Phi) is 12.2. The van der Waals surface area contributed by atoms with E-state index in [-0.39, 0.29) is 10.9 Å². The summed E-state index contributed by atoms with van der Waals surface area (Å²) in [5.41, 5.74) is -2.74. The number of aliphatic carboxylic acids is 3. The van der Waals surface area contributed by atoms with Crippen LogP contribution in [0.25, 0.3) is 0 Å². The molecule has 2 aliphatic rings. The summed E-state index contributed by atoms with van der Waals surface area (Å²) >= 11 is 0. The summed E-state index contributed by atoms with van der Waals surface area (Å²) < 4.78 is 38.6. The predicted molar refractivity (Wildman–Crippen MR) is 143 cm³/mol. The molecular formula is C26H40N2O11S. The van der Waals surface area contributed by atoms with E-state index in [0.29, 0.717) is 18.0 Å². The van der Waals surface area contributed by atoms with Crippen molar-refractivity contribution in [3.8, 4) is 11.5 Å². The second-order valence-electron chi connectivity index (χ2n) is 10.2. The van der Waals surface area contributed by atoms with E-state index in [4.69, 9.17) is 29.9 Å². The molecule has 0 aromatic heterocycles. The lowest BCUT2D eigenvalue weighted by molar-refractivity contribution is -0.170. The molecule has 1 atom stereocenters. The van der Waals surface area contributed by atoms with Crippen LogP contribution in [0.1, 0.15) is 51.9 Å². The van der Waals surface area contributed by atoms with Crippen LogP contribution < -0.4 is 9.47 Å². The molecule has 4 N–H and O–H groups in total. The Labute approximate surface area is 234 Å². The van der Waals surface area contributed by atoms with Crippen LogP contribution in [0.2, 0.25) is 0 Å². The van der Waals surface area contributed by atoms with Gasteiger partial charge in [-0.15, -0.1) is 0 Å². The number of sulfonamides is 1. The third-order valence-corrected chi connectivity index (χ3v) is 9.17. The molecule has 2 saturated heterocycles. The van der Waals surface area contributed by atoms with Gasteiger partial charge in [0.2, 0.25) is 10.0 Å². The number of carbonyl (C=O) groups is 3. The van der Waals surface area contributed by atoms with E-state index in [2.05, 4.69) is 11.8 Å². The molecule has 1 aromatic carbocycles. The minimum atomic E-state index is -3.53. The van der Waals surface area contributed by atoms with Gasteiger partial charge in [-0.3, -0.25) is 9.59 Å². The fourth-order valence-corrected chi connectivity index (χ4v) is 6.60. The summed E-state index contributed by atoms with van der Waals surface area (Å²) in [5.74, 6) is -3.23. The van der Waals surface area contributed by atoms with Gasteiger partial charge >= 0.3 is 17.9 Å². The van der Waals surface area contributed by atoms with E-state index in [1.54, 1.807) is 29.6 Å². The molecule has 0 spiro atoms. The highest BCUT2D eigenvalue weighted by atomic mass is 32.2. The maximum absolute atomic E-state index is 13.2. The van der Waals surface area contributed by atoms with Crippen LogP contribution in [0.4, 0.5) is 0 Å². The number of piperidine rings is 1. The molecule has 2 aliphatic heterocycles. The predicted octanol–water partition coefficient (Wildman–Crippen LogP) is 1.73. The van der Waals surface area contributed by atoms with E-state index >= 15 is 0 Å². The zero-order chi connectivity index (χ0) is 30.1. The van der Waals surface area contributed by atoms with E-state index in [1.165, 1.54) is 20.0 Å². The summed E-state index contributed by atoms with van der Waals surface area (Å²) in [6.45, 7) is 6.16. The number of nitrogens with zero attached hydrogens (tertiary/aromatic N) is 2. The molecule has 1 aromatic rings. The summed E-state index contributed by atoms with van der Waals surface area (Å²) in [4.78, 5) is 33.2. The minimum Gasteiger partial charge on any atom is -0.493 e. The van der Waals surface area contributed by atoms with Crippen molar-refractivity contribution in [1.82, 2.24) is 9.21 Å². The monoisotopic (exact) mass is 588 g/mol. The van der Waals surface area contributed by atoms with Gasteiger partial charge in [0.15, 0.2) is 17.1 Å². The van der Waals surface area contributed by atoms with Gasteiger partial charge in [-0.05, 0) is 69.8 Å². The number of rotatable bonds is 12. The Morgan fingerprint density at radius 2 is 1.52 bits per heavy atom. The first-order chi connectivity index (χ1) is 18.7. The van der Waals surface area contributed by atoms with Gasteiger partial charge in [0.25, 0.3) is 0 Å². The first-order valence-electron chi connectivity index (χ1n) is 13.1. The highest BCUT2D eigenvalue weighted by Gasteiger charge is 2.41. The smallest absolute Gasteiger partial charge is 0.336 e. The van der Waals surface area contributed by atoms with E-state index < -0.39 is 46.4 Å². The van der Waals surface area contributed by atoms with Gasteiger partial charge in [-0.2, -0.15) is 4.31 Å². The number of methoxy groups -OCH3 is 2. The van der Waals surface area contributed by atoms with Crippen LogP contribution in [0, 0.1) is 5.92 Å². The average molecular weight is 589 g/mol. The lowest BCUT2D eigenvalue weighted by atomic mass is 9.96. The van der Waals surface area contributed by atoms with Crippen molar-refractivity contribution < 1.29 is 52.7 Å². The van der Waals surface area contributed by atoms with Crippen molar-refractivity contribution in [2.75, 3.05) is 40.4 Å². The second-order valence-corrected chi connectivity index (χ2v) is 12.1. The van der Waals surface area contributed by atoms with Crippen LogP contribution >= 0.6 is 0 Å². The Morgan fingerprint density at radius 3 is 2.02 bits per heavy atom. The van der Waals surface area contributed by atoms with Gasteiger partial charge in [0, 0.05) is 18.7 Å². The molecule has 13 nitrogen and oxygen atoms in total. The third kappa shape index (κ3) is 9.04. The van der Waals surface area contributed by atoms with Crippen molar-refractivity contribution in [2.24, 2.45) is 5.92 Å². The number of hydrogen-bond acceptors (Lipinski definition) is 9. The zero-order valence-corrected chi connectivity index (χ0v) is 23.9. The molecule has 0 saturated carbocycles.